The average molecular weight is 342 g/mol. The van der Waals surface area contributed by atoms with Crippen molar-refractivity contribution in [3.63, 3.8) is 0 Å². The first kappa shape index (κ1) is 16.7. The summed E-state index contributed by atoms with van der Waals surface area (Å²) in [4.78, 5) is 19.9. The van der Waals surface area contributed by atoms with Crippen LogP contribution in [0, 0.1) is 6.92 Å². The van der Waals surface area contributed by atoms with Crippen LogP contribution in [-0.2, 0) is 0 Å². The Morgan fingerprint density at radius 3 is 2.83 bits per heavy atom. The van der Waals surface area contributed by atoms with E-state index in [1.165, 1.54) is 16.9 Å². The van der Waals surface area contributed by atoms with Crippen molar-refractivity contribution >= 4 is 23.3 Å². The van der Waals surface area contributed by atoms with E-state index in [9.17, 15) is 4.79 Å². The van der Waals surface area contributed by atoms with Gasteiger partial charge in [0.2, 0.25) is 0 Å². The molecule has 126 valence electrons. The van der Waals surface area contributed by atoms with Gasteiger partial charge in [-0.3, -0.25) is 9.78 Å². The molecule has 1 saturated heterocycles. The summed E-state index contributed by atoms with van der Waals surface area (Å²) in [6.07, 6.45) is 3.96. The molecule has 0 N–H and O–H groups in total. The molecule has 4 nitrogen and oxygen atoms in total. The van der Waals surface area contributed by atoms with Gasteiger partial charge in [0.15, 0.2) is 0 Å². The molecule has 0 radical (unpaired) electrons. The summed E-state index contributed by atoms with van der Waals surface area (Å²) in [5.41, 5.74) is 3.38. The number of thiophene rings is 1. The van der Waals surface area contributed by atoms with Gasteiger partial charge in [0.05, 0.1) is 12.3 Å². The number of aryl methyl sites for hydroxylation is 1. The van der Waals surface area contributed by atoms with Gasteiger partial charge in [0, 0.05) is 18.8 Å². The highest BCUT2D eigenvalue weighted by Crippen LogP contribution is 2.28. The topological polar surface area (TPSA) is 42.4 Å². The molecule has 0 aromatic carbocycles. The highest BCUT2D eigenvalue weighted by atomic mass is 32.1. The first-order valence-corrected chi connectivity index (χ1v) is 9.18. The number of nitrogens with zero attached hydrogens (tertiary/aromatic N) is 2. The maximum Gasteiger partial charge on any atom is 0.267 e. The molecule has 3 rings (SSSR count). The molecule has 0 saturated carbocycles. The number of pyridine rings is 1. The summed E-state index contributed by atoms with van der Waals surface area (Å²) < 4.78 is 5.54. The fraction of sp³-hybridized carbons (Fsp3) is 0.368. The number of aromatic nitrogens is 1. The zero-order valence-corrected chi connectivity index (χ0v) is 14.9. The number of likely N-dealkylation sites (tertiary alicyclic amines) is 1. The zero-order valence-electron chi connectivity index (χ0n) is 14.1. The van der Waals surface area contributed by atoms with E-state index in [0.29, 0.717) is 17.2 Å². The Bertz CT molecular complexity index is 741. The van der Waals surface area contributed by atoms with Crippen molar-refractivity contribution < 1.29 is 9.53 Å². The smallest absolute Gasteiger partial charge is 0.267 e. The van der Waals surface area contributed by atoms with Crippen LogP contribution in [0.2, 0.25) is 0 Å². The average Bonchev–Trinajstić information content (AvgIpc) is 3.04. The van der Waals surface area contributed by atoms with Gasteiger partial charge in [0.1, 0.15) is 10.6 Å². The molecule has 1 amide bonds. The Kier molecular flexibility index (Phi) is 5.30. The second-order valence-corrected chi connectivity index (χ2v) is 6.76. The molecule has 5 heteroatoms. The summed E-state index contributed by atoms with van der Waals surface area (Å²) >= 11 is 1.46. The number of hydrogen-bond acceptors (Lipinski definition) is 4. The molecule has 1 aliphatic heterocycles. The Morgan fingerprint density at radius 1 is 1.33 bits per heavy atom. The van der Waals surface area contributed by atoms with E-state index >= 15 is 0 Å². The molecule has 2 aromatic rings. The molecule has 3 heterocycles. The molecule has 1 fully saturated rings. The van der Waals surface area contributed by atoms with E-state index in [-0.39, 0.29) is 5.91 Å². The van der Waals surface area contributed by atoms with Crippen molar-refractivity contribution in [2.24, 2.45) is 0 Å². The zero-order chi connectivity index (χ0) is 16.9. The minimum Gasteiger partial charge on any atom is -0.492 e. The monoisotopic (exact) mass is 342 g/mol. The lowest BCUT2D eigenvalue weighted by Gasteiger charge is -2.28. The highest BCUT2D eigenvalue weighted by molar-refractivity contribution is 7.12. The Hall–Kier alpha value is -2.14. The summed E-state index contributed by atoms with van der Waals surface area (Å²) in [6.45, 7) is 6.01. The maximum absolute atomic E-state index is 12.7. The van der Waals surface area contributed by atoms with Gasteiger partial charge in [-0.2, -0.15) is 0 Å². The normalized spacial score (nSPS) is 14.6. The van der Waals surface area contributed by atoms with Gasteiger partial charge < -0.3 is 9.64 Å². The lowest BCUT2D eigenvalue weighted by atomic mass is 10.0. The van der Waals surface area contributed by atoms with Crippen LogP contribution in [0.4, 0.5) is 0 Å². The number of hydrogen-bond donors (Lipinski definition) is 0. The van der Waals surface area contributed by atoms with Crippen molar-refractivity contribution in [2.45, 2.75) is 26.7 Å². The molecule has 0 spiro atoms. The molecule has 1 aliphatic rings. The SMILES string of the molecule is CCOc1ccsc1C(=O)N1CCC(=Cc2cccc(C)n2)CC1. The summed E-state index contributed by atoms with van der Waals surface area (Å²) in [7, 11) is 0. The summed E-state index contributed by atoms with van der Waals surface area (Å²) in [5.74, 6) is 0.791. The van der Waals surface area contributed by atoms with E-state index in [1.807, 2.05) is 48.4 Å². The number of amides is 1. The first-order chi connectivity index (χ1) is 11.7. The number of ether oxygens (including phenoxy) is 1. The molecule has 0 bridgehead atoms. The minimum atomic E-state index is 0.0844. The fourth-order valence-electron chi connectivity index (χ4n) is 2.86. The Balaban J connectivity index is 1.64. The van der Waals surface area contributed by atoms with E-state index < -0.39 is 0 Å². The van der Waals surface area contributed by atoms with E-state index in [0.717, 1.165) is 37.3 Å². The van der Waals surface area contributed by atoms with Crippen molar-refractivity contribution in [2.75, 3.05) is 19.7 Å². The molecule has 2 aromatic heterocycles. The number of rotatable bonds is 4. The van der Waals surface area contributed by atoms with Crippen LogP contribution in [-0.4, -0.2) is 35.5 Å². The predicted octanol–water partition coefficient (Wildman–Crippen LogP) is 4.17. The van der Waals surface area contributed by atoms with Crippen LogP contribution in [0.15, 0.2) is 35.2 Å². The number of carbonyl (C=O) groups excluding carboxylic acids is 1. The van der Waals surface area contributed by atoms with Gasteiger partial charge in [-0.05, 0) is 56.3 Å². The van der Waals surface area contributed by atoms with Gasteiger partial charge in [0.25, 0.3) is 5.91 Å². The van der Waals surface area contributed by atoms with Crippen molar-refractivity contribution in [3.05, 3.63) is 51.5 Å². The molecule has 0 atom stereocenters. The van der Waals surface area contributed by atoms with Crippen molar-refractivity contribution in [1.29, 1.82) is 0 Å². The maximum atomic E-state index is 12.7. The van der Waals surface area contributed by atoms with Gasteiger partial charge in [-0.15, -0.1) is 11.3 Å². The Morgan fingerprint density at radius 2 is 2.12 bits per heavy atom. The van der Waals surface area contributed by atoms with Crippen LogP contribution in [0.5, 0.6) is 5.75 Å². The molecular formula is C19H22N2O2S. The van der Waals surface area contributed by atoms with Gasteiger partial charge in [-0.1, -0.05) is 11.6 Å². The molecule has 0 unspecified atom stereocenters. The largest absolute Gasteiger partial charge is 0.492 e. The molecule has 24 heavy (non-hydrogen) atoms. The number of piperidine rings is 1. The third kappa shape index (κ3) is 3.85. The fourth-order valence-corrected chi connectivity index (χ4v) is 3.66. The van der Waals surface area contributed by atoms with Crippen LogP contribution in [0.1, 0.15) is 40.8 Å². The van der Waals surface area contributed by atoms with Gasteiger partial charge in [-0.25, -0.2) is 0 Å². The molecule has 0 aliphatic carbocycles. The van der Waals surface area contributed by atoms with Crippen LogP contribution in [0.3, 0.4) is 0 Å². The highest BCUT2D eigenvalue weighted by Gasteiger charge is 2.24. The van der Waals surface area contributed by atoms with E-state index in [1.54, 1.807) is 0 Å². The van der Waals surface area contributed by atoms with Crippen molar-refractivity contribution in [3.8, 4) is 5.75 Å². The first-order valence-electron chi connectivity index (χ1n) is 8.30. The summed E-state index contributed by atoms with van der Waals surface area (Å²) in [6, 6.07) is 7.93. The van der Waals surface area contributed by atoms with Crippen LogP contribution in [0.25, 0.3) is 6.08 Å². The van der Waals surface area contributed by atoms with E-state index in [4.69, 9.17) is 4.74 Å². The lowest BCUT2D eigenvalue weighted by molar-refractivity contribution is 0.0745. The quantitative estimate of drug-likeness (QED) is 0.837. The second kappa shape index (κ2) is 7.62. The van der Waals surface area contributed by atoms with Crippen LogP contribution < -0.4 is 4.74 Å². The second-order valence-electron chi connectivity index (χ2n) is 5.85. The number of carbonyl (C=O) groups is 1. The standard InChI is InChI=1S/C19H22N2O2S/c1-3-23-17-9-12-24-18(17)19(22)21-10-7-15(8-11-21)13-16-6-4-5-14(2)20-16/h4-6,9,12-13H,3,7-8,10-11H2,1-2H3. The Labute approximate surface area is 146 Å². The third-order valence-electron chi connectivity index (χ3n) is 4.08. The third-order valence-corrected chi connectivity index (χ3v) is 4.96. The summed E-state index contributed by atoms with van der Waals surface area (Å²) in [5, 5.41) is 1.91. The molecular weight excluding hydrogens is 320 g/mol. The van der Waals surface area contributed by atoms with Crippen molar-refractivity contribution in [1.82, 2.24) is 9.88 Å². The van der Waals surface area contributed by atoms with E-state index in [2.05, 4.69) is 11.1 Å². The minimum absolute atomic E-state index is 0.0844. The predicted molar refractivity (Wildman–Crippen MR) is 97.6 cm³/mol. The lowest BCUT2D eigenvalue weighted by Crippen LogP contribution is -2.36. The van der Waals surface area contributed by atoms with Gasteiger partial charge >= 0.3 is 0 Å². The van der Waals surface area contributed by atoms with Crippen LogP contribution >= 0.6 is 11.3 Å².